The molecule has 0 aliphatic carbocycles. The first-order chi connectivity index (χ1) is 19.6. The van der Waals surface area contributed by atoms with Crippen molar-refractivity contribution in [1.82, 2.24) is 10.2 Å². The van der Waals surface area contributed by atoms with E-state index in [1.807, 2.05) is 31.2 Å². The van der Waals surface area contributed by atoms with Crippen LogP contribution in [0.5, 0.6) is 0 Å². The molecule has 0 bridgehead atoms. The fourth-order valence-electron chi connectivity index (χ4n) is 3.25. The topological polar surface area (TPSA) is 169 Å². The third-order valence-corrected chi connectivity index (χ3v) is 7.13. The molecule has 0 saturated carbocycles. The molecule has 11 nitrogen and oxygen atoms in total. The molecule has 2 aromatic carbocycles. The van der Waals surface area contributed by atoms with Gasteiger partial charge in [-0.05, 0) is 38.2 Å². The van der Waals surface area contributed by atoms with Crippen LogP contribution >= 0.6 is 35.0 Å². The van der Waals surface area contributed by atoms with Gasteiger partial charge in [0.1, 0.15) is 12.1 Å². The van der Waals surface area contributed by atoms with Crippen LogP contribution in [-0.2, 0) is 19.1 Å². The number of methoxy groups -OCH3 is 1. The number of carbonyl (C=O) groups excluding carboxylic acids is 4. The van der Waals surface area contributed by atoms with E-state index < -0.39 is 0 Å². The molecule has 1 unspecified atom stereocenters. The summed E-state index contributed by atoms with van der Waals surface area (Å²) in [6.07, 6.45) is 1.41. The molecule has 1 aliphatic heterocycles. The molecule has 2 amide bonds. The number of aryl methyl sites for hydroxylation is 1. The molecule has 1 aliphatic rings. The van der Waals surface area contributed by atoms with Gasteiger partial charge in [-0.15, -0.1) is 0 Å². The SMILES string of the molecule is CNCC(=O)OC.Cc1ccc(NC(=O)c2c(Cl)cccc2Cl)cc1.N/N=C(\N)CCC(=O)N1CCSCC1C=O. The second-order valence-electron chi connectivity index (χ2n) is 8.51. The highest BCUT2D eigenvalue weighted by Crippen LogP contribution is 2.25. The van der Waals surface area contributed by atoms with Gasteiger partial charge in [0, 0.05) is 36.6 Å². The fourth-order valence-corrected chi connectivity index (χ4v) is 4.81. The number of hydrogen-bond donors (Lipinski definition) is 4. The number of hydrazone groups is 1. The van der Waals surface area contributed by atoms with Crippen molar-refractivity contribution in [3.63, 3.8) is 0 Å². The Labute approximate surface area is 254 Å². The molecule has 1 heterocycles. The van der Waals surface area contributed by atoms with Gasteiger partial charge in [-0.1, -0.05) is 47.0 Å². The average molecular weight is 628 g/mol. The third-order valence-electron chi connectivity index (χ3n) is 5.45. The van der Waals surface area contributed by atoms with Gasteiger partial charge in [0.2, 0.25) is 5.91 Å². The van der Waals surface area contributed by atoms with Crippen LogP contribution in [0.3, 0.4) is 0 Å². The van der Waals surface area contributed by atoms with Gasteiger partial charge >= 0.3 is 5.97 Å². The van der Waals surface area contributed by atoms with Gasteiger partial charge in [0.05, 0.1) is 35.3 Å². The maximum absolute atomic E-state index is 12.1. The summed E-state index contributed by atoms with van der Waals surface area (Å²) in [5, 5.41) is 9.38. The molecule has 6 N–H and O–H groups in total. The fraction of sp³-hybridized carbons (Fsp3) is 0.370. The number of hydrogen-bond acceptors (Lipinski definition) is 9. The quantitative estimate of drug-likeness (QED) is 0.0858. The third kappa shape index (κ3) is 13.3. The zero-order valence-corrected chi connectivity index (χ0v) is 25.5. The van der Waals surface area contributed by atoms with Crippen LogP contribution in [-0.4, -0.2) is 79.6 Å². The monoisotopic (exact) mass is 626 g/mol. The zero-order chi connectivity index (χ0) is 30.8. The lowest BCUT2D eigenvalue weighted by atomic mass is 10.2. The largest absolute Gasteiger partial charge is 0.468 e. The van der Waals surface area contributed by atoms with Crippen molar-refractivity contribution in [2.75, 3.05) is 44.1 Å². The van der Waals surface area contributed by atoms with Crippen molar-refractivity contribution in [3.8, 4) is 0 Å². The summed E-state index contributed by atoms with van der Waals surface area (Å²) < 4.78 is 4.29. The predicted octanol–water partition coefficient (Wildman–Crippen LogP) is 3.07. The van der Waals surface area contributed by atoms with Crippen molar-refractivity contribution in [2.45, 2.75) is 25.8 Å². The molecule has 1 fully saturated rings. The number of aldehydes is 1. The standard InChI is InChI=1S/C14H11Cl2NO.C9H16N4O2S.C4H9NO2/c1-9-5-7-10(8-6-9)17-14(18)13-11(15)3-2-4-12(13)16;10-8(12-11)1-2-9(15)13-3-4-16-6-7(13)5-14;1-5-3-4(6)7-2/h2-8H,1H3,(H,17,18);5,7H,1-4,6,11H2,(H2,10,12);5H,3H2,1-2H3. The second-order valence-corrected chi connectivity index (χ2v) is 10.5. The Morgan fingerprint density at radius 3 is 2.29 bits per heavy atom. The Hall–Kier alpha value is -3.32. The van der Waals surface area contributed by atoms with E-state index in [0.29, 0.717) is 40.0 Å². The molecule has 2 aromatic rings. The van der Waals surface area contributed by atoms with Crippen LogP contribution < -0.4 is 22.2 Å². The van der Waals surface area contributed by atoms with Crippen LogP contribution in [0.25, 0.3) is 0 Å². The number of nitrogens with two attached hydrogens (primary N) is 2. The molecule has 1 atom stereocenters. The van der Waals surface area contributed by atoms with Gasteiger partial charge in [0.15, 0.2) is 0 Å². The minimum absolute atomic E-state index is 0.0657. The number of benzene rings is 2. The Morgan fingerprint density at radius 2 is 1.78 bits per heavy atom. The number of thioether (sulfide) groups is 1. The number of amides is 2. The molecular formula is C27H36Cl2N6O5S. The molecule has 3 rings (SSSR count). The molecule has 0 radical (unpaired) electrons. The van der Waals surface area contributed by atoms with Crippen LogP contribution in [0.15, 0.2) is 47.6 Å². The first-order valence-electron chi connectivity index (χ1n) is 12.5. The van der Waals surface area contributed by atoms with Gasteiger partial charge < -0.3 is 36.6 Å². The number of carbonyl (C=O) groups is 4. The predicted molar refractivity (Wildman–Crippen MR) is 165 cm³/mol. The van der Waals surface area contributed by atoms with E-state index in [1.165, 1.54) is 7.11 Å². The summed E-state index contributed by atoms with van der Waals surface area (Å²) in [7, 11) is 3.05. The summed E-state index contributed by atoms with van der Waals surface area (Å²) in [6, 6.07) is 12.2. The van der Waals surface area contributed by atoms with E-state index in [2.05, 4.69) is 20.5 Å². The lowest BCUT2D eigenvalue weighted by Crippen LogP contribution is -2.47. The summed E-state index contributed by atoms with van der Waals surface area (Å²) in [4.78, 5) is 46.4. The number of esters is 1. The maximum atomic E-state index is 12.1. The number of likely N-dealkylation sites (N-methyl/N-ethyl adjacent to an activating group) is 1. The highest BCUT2D eigenvalue weighted by Gasteiger charge is 2.26. The smallest absolute Gasteiger partial charge is 0.319 e. The van der Waals surface area contributed by atoms with Crippen LogP contribution in [0.4, 0.5) is 5.69 Å². The molecule has 0 spiro atoms. The Balaban J connectivity index is 0.000000337. The summed E-state index contributed by atoms with van der Waals surface area (Å²) in [5.74, 6) is 6.16. The molecule has 14 heteroatoms. The van der Waals surface area contributed by atoms with E-state index in [4.69, 9.17) is 34.8 Å². The van der Waals surface area contributed by atoms with Crippen LogP contribution in [0, 0.1) is 6.92 Å². The number of nitrogens with zero attached hydrogens (tertiary/aromatic N) is 2. The zero-order valence-electron chi connectivity index (χ0n) is 23.2. The maximum Gasteiger partial charge on any atom is 0.319 e. The number of ether oxygens (including phenoxy) is 1. The number of anilines is 1. The Bertz CT molecular complexity index is 1160. The summed E-state index contributed by atoms with van der Waals surface area (Å²) in [6.45, 7) is 2.89. The first-order valence-corrected chi connectivity index (χ1v) is 14.4. The van der Waals surface area contributed by atoms with Gasteiger partial charge in [-0.2, -0.15) is 16.9 Å². The molecule has 0 aromatic heterocycles. The molecule has 224 valence electrons. The van der Waals surface area contributed by atoms with Gasteiger partial charge in [0.25, 0.3) is 5.91 Å². The van der Waals surface area contributed by atoms with E-state index >= 15 is 0 Å². The lowest BCUT2D eigenvalue weighted by Gasteiger charge is -2.32. The number of nitrogens with one attached hydrogen (secondary N) is 2. The van der Waals surface area contributed by atoms with Gasteiger partial charge in [-0.25, -0.2) is 0 Å². The first kappa shape index (κ1) is 35.7. The minimum Gasteiger partial charge on any atom is -0.468 e. The van der Waals surface area contributed by atoms with E-state index in [9.17, 15) is 19.2 Å². The average Bonchev–Trinajstić information content (AvgIpc) is 2.97. The molecule has 1 saturated heterocycles. The van der Waals surface area contributed by atoms with Crippen molar-refractivity contribution >= 4 is 70.6 Å². The van der Waals surface area contributed by atoms with Crippen molar-refractivity contribution < 1.29 is 23.9 Å². The van der Waals surface area contributed by atoms with E-state index in [-0.39, 0.29) is 42.6 Å². The van der Waals surface area contributed by atoms with Gasteiger partial charge in [-0.3, -0.25) is 14.4 Å². The molecule has 41 heavy (non-hydrogen) atoms. The van der Waals surface area contributed by atoms with E-state index in [1.54, 1.807) is 41.9 Å². The lowest BCUT2D eigenvalue weighted by molar-refractivity contribution is -0.139. The van der Waals surface area contributed by atoms with Crippen LogP contribution in [0.2, 0.25) is 10.0 Å². The van der Waals surface area contributed by atoms with Crippen molar-refractivity contribution in [1.29, 1.82) is 0 Å². The Kier molecular flexibility index (Phi) is 17.2. The second kappa shape index (κ2) is 19.7. The summed E-state index contributed by atoms with van der Waals surface area (Å²) in [5.41, 5.74) is 7.53. The molecular weight excluding hydrogens is 591 g/mol. The highest BCUT2D eigenvalue weighted by atomic mass is 35.5. The number of halogens is 2. The minimum atomic E-state index is -0.311. The van der Waals surface area contributed by atoms with Crippen molar-refractivity contribution in [3.05, 3.63) is 63.6 Å². The number of rotatable bonds is 8. The number of amidine groups is 1. The van der Waals surface area contributed by atoms with E-state index in [0.717, 1.165) is 17.6 Å². The normalized spacial score (nSPS) is 14.4. The van der Waals surface area contributed by atoms with Crippen molar-refractivity contribution in [2.24, 2.45) is 16.7 Å². The summed E-state index contributed by atoms with van der Waals surface area (Å²) >= 11 is 13.6. The highest BCUT2D eigenvalue weighted by molar-refractivity contribution is 7.99. The Morgan fingerprint density at radius 1 is 1.15 bits per heavy atom. The van der Waals surface area contributed by atoms with Crippen LogP contribution in [0.1, 0.15) is 28.8 Å².